The Morgan fingerprint density at radius 2 is 1.72 bits per heavy atom. The van der Waals surface area contributed by atoms with Gasteiger partial charge in [-0.15, -0.1) is 0 Å². The number of imidazole rings is 1. The molecule has 0 fully saturated rings. The predicted octanol–water partition coefficient (Wildman–Crippen LogP) is -2.13. The number of hydrogen-bond acceptors (Lipinski definition) is 18. The van der Waals surface area contributed by atoms with E-state index in [-0.39, 0.29) is 34.0 Å². The van der Waals surface area contributed by atoms with Crippen LogP contribution >= 0.6 is 15.6 Å². The van der Waals surface area contributed by atoms with Crippen molar-refractivity contribution in [1.82, 2.24) is 34.5 Å². The highest BCUT2D eigenvalue weighted by Crippen LogP contribution is 2.60. The van der Waals surface area contributed by atoms with Crippen molar-refractivity contribution in [3.8, 4) is 0 Å². The monoisotopic (exact) mass is 784 g/mol. The zero-order chi connectivity index (χ0) is 38.6. The number of aryl methyl sites for hydroxylation is 2. The number of aromatic nitrogens is 8. The van der Waals surface area contributed by atoms with Gasteiger partial charge in [-0.25, -0.2) is 43.0 Å². The third-order valence-corrected chi connectivity index (χ3v) is 10.8. The van der Waals surface area contributed by atoms with Crippen molar-refractivity contribution in [3.63, 3.8) is 0 Å². The summed E-state index contributed by atoms with van der Waals surface area (Å²) in [5, 5.41) is 52.9. The number of phosphoric ester groups is 2. The van der Waals surface area contributed by atoms with Crippen molar-refractivity contribution in [3.05, 3.63) is 62.5 Å². The normalized spacial score (nSPS) is 20.4. The molecule has 5 heterocycles. The molecule has 7 atom stereocenters. The van der Waals surface area contributed by atoms with E-state index in [1.54, 1.807) is 26.0 Å². The summed E-state index contributed by atoms with van der Waals surface area (Å²) in [6.45, 7) is 0.800. The molecule has 24 nitrogen and oxygen atoms in total. The molecule has 0 radical (unpaired) electrons. The highest BCUT2D eigenvalue weighted by atomic mass is 31.3. The van der Waals surface area contributed by atoms with Crippen LogP contribution in [0.25, 0.3) is 39.2 Å². The molecule has 4 aromatic heterocycles. The molecular formula is C27H32N9O15P2+. The van der Waals surface area contributed by atoms with Crippen LogP contribution in [0.15, 0.2) is 40.1 Å². The van der Waals surface area contributed by atoms with Gasteiger partial charge in [0.05, 0.1) is 13.2 Å². The van der Waals surface area contributed by atoms with Crippen LogP contribution < -0.4 is 21.5 Å². The number of nitrogens with two attached hydrogens (primary N) is 1. The summed E-state index contributed by atoms with van der Waals surface area (Å²) in [5.41, 5.74) is 6.16. The number of fused-ring (bicyclic) bond motifs is 3. The largest absolute Gasteiger partial charge is 0.505 e. The van der Waals surface area contributed by atoms with E-state index in [9.17, 15) is 54.0 Å². The molecule has 1 aliphatic rings. The van der Waals surface area contributed by atoms with Crippen molar-refractivity contribution >= 4 is 60.7 Å². The summed E-state index contributed by atoms with van der Waals surface area (Å²) in [7, 11) is -11.0. The zero-order valence-electron chi connectivity index (χ0n) is 27.4. The van der Waals surface area contributed by atoms with Gasteiger partial charge in [0.15, 0.2) is 40.5 Å². The van der Waals surface area contributed by atoms with Crippen LogP contribution in [0.4, 0.5) is 5.82 Å². The fraction of sp³-hybridized carbons (Fsp3) is 0.370. The van der Waals surface area contributed by atoms with Gasteiger partial charge in [0.2, 0.25) is 11.4 Å². The molecule has 0 amide bonds. The van der Waals surface area contributed by atoms with E-state index < -0.39 is 82.9 Å². The van der Waals surface area contributed by atoms with E-state index in [1.165, 1.54) is 4.57 Å². The topological polar surface area (TPSA) is 365 Å². The maximum Gasteiger partial charge on any atom is 0.481 e. The van der Waals surface area contributed by atoms with Gasteiger partial charge < -0.3 is 45.8 Å². The van der Waals surface area contributed by atoms with Crippen molar-refractivity contribution in [1.29, 1.82) is 0 Å². The molecule has 2 unspecified atom stereocenters. The summed E-state index contributed by atoms with van der Waals surface area (Å²) in [6, 6.07) is 3.32. The molecule has 284 valence electrons. The summed E-state index contributed by atoms with van der Waals surface area (Å²) in [4.78, 5) is 65.3. The molecule has 1 aromatic carbocycles. The number of rotatable bonds is 13. The molecule has 0 bridgehead atoms. The Kier molecular flexibility index (Phi) is 10.2. The van der Waals surface area contributed by atoms with E-state index >= 15 is 0 Å². The van der Waals surface area contributed by atoms with E-state index in [0.29, 0.717) is 11.0 Å². The smallest absolute Gasteiger partial charge is 0.481 e. The lowest BCUT2D eigenvalue weighted by Gasteiger charge is -2.24. The Labute approximate surface area is 294 Å². The average Bonchev–Trinajstić information content (AvgIpc) is 3.63. The first-order chi connectivity index (χ1) is 24.9. The van der Waals surface area contributed by atoms with E-state index in [1.807, 2.05) is 0 Å². The van der Waals surface area contributed by atoms with Gasteiger partial charge in [0.1, 0.15) is 43.0 Å². The molecule has 5 aromatic rings. The molecule has 0 aliphatic carbocycles. The Balaban J connectivity index is 1.08. The summed E-state index contributed by atoms with van der Waals surface area (Å²) < 4.78 is 46.3. The lowest BCUT2D eigenvalue weighted by atomic mass is 10.1. The molecule has 6 rings (SSSR count). The van der Waals surface area contributed by atoms with Gasteiger partial charge in [-0.2, -0.15) is 9.29 Å². The van der Waals surface area contributed by atoms with Crippen LogP contribution in [-0.4, -0.2) is 114 Å². The molecular weight excluding hydrogens is 752 g/mol. The van der Waals surface area contributed by atoms with Gasteiger partial charge in [-0.3, -0.25) is 18.8 Å². The van der Waals surface area contributed by atoms with Crippen LogP contribution in [-0.2, 0) is 33.8 Å². The average molecular weight is 785 g/mol. The highest BCUT2D eigenvalue weighted by molar-refractivity contribution is 7.61. The van der Waals surface area contributed by atoms with Crippen molar-refractivity contribution in [2.75, 3.05) is 18.9 Å². The molecule has 0 saturated heterocycles. The molecule has 0 spiro atoms. The van der Waals surface area contributed by atoms with Gasteiger partial charge in [0.25, 0.3) is 5.56 Å². The lowest BCUT2D eigenvalue weighted by Crippen LogP contribution is -2.51. The SMILES string of the molecule is Cc1cc2nc3c(=O)[nH]c(=O)[nH]c3[n+](C[C@H](O)[C@H](O)[C@H](O)COP(=O)(O)OP(=O)(O)OC[C@H]3OC(n4cnc5c(N)ncnc54)=C(O)[C@@H]3O)c2cc1C. The maximum absolute atomic E-state index is 12.5. The number of anilines is 1. The van der Waals surface area contributed by atoms with Crippen molar-refractivity contribution in [2.45, 2.75) is 50.9 Å². The van der Waals surface area contributed by atoms with E-state index in [4.69, 9.17) is 10.5 Å². The minimum Gasteiger partial charge on any atom is -0.505 e. The quantitative estimate of drug-likeness (QED) is 0.0346. The fourth-order valence-corrected chi connectivity index (χ4v) is 7.43. The Morgan fingerprint density at radius 3 is 2.45 bits per heavy atom. The first-order valence-corrected chi connectivity index (χ1v) is 18.2. The Bertz CT molecular complexity index is 2490. The number of nitrogen functional groups attached to an aromatic ring is 1. The van der Waals surface area contributed by atoms with Crippen LogP contribution in [0.5, 0.6) is 0 Å². The molecule has 53 heavy (non-hydrogen) atoms. The minimum absolute atomic E-state index is 0.00787. The second-order valence-electron chi connectivity index (χ2n) is 11.8. The first kappa shape index (κ1) is 38.0. The number of aliphatic hydroxyl groups excluding tert-OH is 5. The number of aromatic amines is 2. The number of H-pyrrole nitrogens is 2. The van der Waals surface area contributed by atoms with Crippen molar-refractivity contribution in [2.24, 2.45) is 0 Å². The zero-order valence-corrected chi connectivity index (χ0v) is 29.2. The number of aliphatic hydroxyl groups is 5. The van der Waals surface area contributed by atoms with E-state index in [2.05, 4.69) is 43.3 Å². The summed E-state index contributed by atoms with van der Waals surface area (Å²) in [6.07, 6.45) is -7.22. The molecule has 26 heteroatoms. The van der Waals surface area contributed by atoms with Gasteiger partial charge in [-0.1, -0.05) is 0 Å². The second kappa shape index (κ2) is 14.3. The number of nitrogens with one attached hydrogen (secondary N) is 2. The Morgan fingerprint density at radius 1 is 1.02 bits per heavy atom. The second-order valence-corrected chi connectivity index (χ2v) is 14.9. The number of phosphoric acid groups is 2. The highest BCUT2D eigenvalue weighted by Gasteiger charge is 2.42. The first-order valence-electron chi connectivity index (χ1n) is 15.2. The van der Waals surface area contributed by atoms with Crippen LogP contribution in [0, 0.1) is 13.8 Å². The minimum atomic E-state index is -5.55. The van der Waals surface area contributed by atoms with Crippen molar-refractivity contribution < 1.29 is 67.1 Å². The molecule has 0 saturated carbocycles. The maximum atomic E-state index is 12.5. The number of nitrogens with zero attached hydrogens (tertiary/aromatic N) is 6. The lowest BCUT2D eigenvalue weighted by molar-refractivity contribution is -0.657. The fourth-order valence-electron chi connectivity index (χ4n) is 5.33. The van der Waals surface area contributed by atoms with Gasteiger partial charge in [0, 0.05) is 0 Å². The number of ether oxygens (including phenoxy) is 1. The standard InChI is InChI=1S/C27H31N9O15P2/c1-10-3-12-13(4-11(10)2)35(24-18(32-12)25(42)34-27(43)33-24)5-14(37)19(39)15(38)6-48-52(44,45)51-53(46,47)49-7-16-20(40)21(41)26(50-16)36-9-31-17-22(28)29-8-30-23(17)36/h3-4,8-9,14-16,19-20,37-40H,5-7H2,1-2H3,(H6,28,29,30,34,41,42,43,44,45,46,47)/p+1/t14-,15+,16+,19-,20+/m0/s1. The molecule has 11 N–H and O–H groups in total. The predicted molar refractivity (Wildman–Crippen MR) is 177 cm³/mol. The van der Waals surface area contributed by atoms with Crippen LogP contribution in [0.2, 0.25) is 0 Å². The summed E-state index contributed by atoms with van der Waals surface area (Å²) in [5.74, 6) is -1.12. The van der Waals surface area contributed by atoms with E-state index in [0.717, 1.165) is 28.3 Å². The van der Waals surface area contributed by atoms with Crippen LogP contribution in [0.1, 0.15) is 11.1 Å². The number of benzene rings is 1. The summed E-state index contributed by atoms with van der Waals surface area (Å²) >= 11 is 0. The third-order valence-electron chi connectivity index (χ3n) is 8.15. The van der Waals surface area contributed by atoms with Crippen LogP contribution in [0.3, 0.4) is 0 Å². The van der Waals surface area contributed by atoms with Gasteiger partial charge >= 0.3 is 27.0 Å². The van der Waals surface area contributed by atoms with Gasteiger partial charge in [-0.05, 0) is 37.1 Å². The molecule has 1 aliphatic heterocycles. The Hall–Kier alpha value is -4.71. The third kappa shape index (κ3) is 7.69. The number of hydrogen-bond donors (Lipinski definition) is 10.